The first-order valence-electron chi connectivity index (χ1n) is 6.64. The third-order valence-electron chi connectivity index (χ3n) is 3.74. The van der Waals surface area contributed by atoms with Crippen molar-refractivity contribution in [3.63, 3.8) is 0 Å². The Morgan fingerprint density at radius 2 is 2.16 bits per heavy atom. The molecule has 0 bridgehead atoms. The van der Waals surface area contributed by atoms with Gasteiger partial charge < -0.3 is 5.32 Å². The van der Waals surface area contributed by atoms with Crippen molar-refractivity contribution in [2.24, 2.45) is 16.9 Å². The second kappa shape index (κ2) is 5.53. The second-order valence-corrected chi connectivity index (χ2v) is 5.45. The van der Waals surface area contributed by atoms with Crippen LogP contribution in [0, 0.1) is 11.8 Å². The van der Waals surface area contributed by atoms with E-state index in [0.717, 1.165) is 18.9 Å². The average Bonchev–Trinajstić information content (AvgIpc) is 2.79. The zero-order valence-electron chi connectivity index (χ0n) is 10.7. The minimum atomic E-state index is 0.560. The molecule has 0 radical (unpaired) electrons. The van der Waals surface area contributed by atoms with Crippen LogP contribution in [-0.2, 0) is 6.54 Å². The predicted molar refractivity (Wildman–Crippen MR) is 81.8 cm³/mol. The molecule has 0 spiro atoms. The summed E-state index contributed by atoms with van der Waals surface area (Å²) in [4.78, 5) is 0. The lowest BCUT2D eigenvalue weighted by atomic mass is 9.74. The highest BCUT2D eigenvalue weighted by molar-refractivity contribution is 7.80. The molecule has 2 N–H and O–H groups in total. The number of allylic oxidation sites excluding steroid dienone is 2. The number of fused-ring (bicyclic) bond motifs is 1. The van der Waals surface area contributed by atoms with Gasteiger partial charge in [-0.25, -0.2) is 0 Å². The van der Waals surface area contributed by atoms with Gasteiger partial charge in [0.25, 0.3) is 0 Å². The molecule has 0 heterocycles. The van der Waals surface area contributed by atoms with E-state index in [1.165, 1.54) is 17.7 Å². The van der Waals surface area contributed by atoms with E-state index in [4.69, 9.17) is 12.2 Å². The summed E-state index contributed by atoms with van der Waals surface area (Å²) in [5.74, 6) is 1.36. The minimum absolute atomic E-state index is 0.560. The lowest BCUT2D eigenvalue weighted by molar-refractivity contribution is 0.444. The molecule has 3 nitrogen and oxygen atoms in total. The molecule has 0 saturated heterocycles. The first-order valence-corrected chi connectivity index (χ1v) is 7.04. The van der Waals surface area contributed by atoms with Crippen LogP contribution < -0.4 is 10.7 Å². The Balaban J connectivity index is 1.45. The van der Waals surface area contributed by atoms with Gasteiger partial charge in [-0.1, -0.05) is 42.5 Å². The van der Waals surface area contributed by atoms with E-state index in [-0.39, 0.29) is 0 Å². The van der Waals surface area contributed by atoms with Crippen LogP contribution in [0.2, 0.25) is 0 Å². The highest BCUT2D eigenvalue weighted by Crippen LogP contribution is 2.40. The fourth-order valence-corrected chi connectivity index (χ4v) is 2.72. The Labute approximate surface area is 118 Å². The third-order valence-corrected chi connectivity index (χ3v) is 3.98. The highest BCUT2D eigenvalue weighted by atomic mass is 32.1. The smallest absolute Gasteiger partial charge is 0.187 e. The summed E-state index contributed by atoms with van der Waals surface area (Å²) in [6, 6.07) is 10.2. The van der Waals surface area contributed by atoms with E-state index in [2.05, 4.69) is 40.1 Å². The second-order valence-electron chi connectivity index (χ2n) is 5.04. The number of nitrogens with zero attached hydrogens (tertiary/aromatic N) is 1. The molecule has 1 saturated carbocycles. The normalized spacial score (nSPS) is 25.8. The number of hydrogen-bond donors (Lipinski definition) is 2. The summed E-state index contributed by atoms with van der Waals surface area (Å²) in [6.45, 7) is 0.726. The van der Waals surface area contributed by atoms with Gasteiger partial charge in [0.15, 0.2) is 5.11 Å². The summed E-state index contributed by atoms with van der Waals surface area (Å²) in [5, 5.41) is 8.14. The standard InChI is InChI=1S/C15H17N3S/c19-15(16-10-11-5-2-1-3-6-11)18-17-14-9-12-7-4-8-13(12)14/h1-6,8,12-13H,7,9-10H2,(H2,16,18,19). The van der Waals surface area contributed by atoms with Gasteiger partial charge in [0.05, 0.1) is 0 Å². The molecule has 0 amide bonds. The fourth-order valence-electron chi connectivity index (χ4n) is 2.60. The van der Waals surface area contributed by atoms with Crippen LogP contribution in [0.1, 0.15) is 18.4 Å². The average molecular weight is 271 g/mol. The number of nitrogens with one attached hydrogen (secondary N) is 2. The lowest BCUT2D eigenvalue weighted by Crippen LogP contribution is -2.38. The third kappa shape index (κ3) is 2.84. The van der Waals surface area contributed by atoms with Crippen LogP contribution in [-0.4, -0.2) is 10.8 Å². The van der Waals surface area contributed by atoms with E-state index in [1.807, 2.05) is 18.2 Å². The summed E-state index contributed by atoms with van der Waals surface area (Å²) < 4.78 is 0. The van der Waals surface area contributed by atoms with Gasteiger partial charge in [-0.05, 0) is 36.5 Å². The Bertz CT molecular complexity index is 521. The van der Waals surface area contributed by atoms with Gasteiger partial charge in [-0.2, -0.15) is 5.10 Å². The Kier molecular flexibility index (Phi) is 3.60. The molecular weight excluding hydrogens is 254 g/mol. The van der Waals surface area contributed by atoms with Crippen LogP contribution >= 0.6 is 12.2 Å². The molecule has 19 heavy (non-hydrogen) atoms. The molecule has 1 aromatic rings. The molecule has 98 valence electrons. The predicted octanol–water partition coefficient (Wildman–Crippen LogP) is 2.60. The number of thiocarbonyl (C=S) groups is 1. The number of hydrogen-bond acceptors (Lipinski definition) is 2. The van der Waals surface area contributed by atoms with Crippen molar-refractivity contribution in [1.29, 1.82) is 0 Å². The maximum Gasteiger partial charge on any atom is 0.187 e. The molecule has 4 heteroatoms. The van der Waals surface area contributed by atoms with Crippen molar-refractivity contribution >= 4 is 23.0 Å². The van der Waals surface area contributed by atoms with Crippen LogP contribution in [0.15, 0.2) is 47.6 Å². The number of rotatable bonds is 3. The molecular formula is C15H17N3S. The molecule has 1 aromatic carbocycles. The van der Waals surface area contributed by atoms with E-state index in [9.17, 15) is 0 Å². The molecule has 0 aromatic heterocycles. The minimum Gasteiger partial charge on any atom is -0.357 e. The molecule has 2 aliphatic rings. The van der Waals surface area contributed by atoms with Crippen molar-refractivity contribution in [1.82, 2.24) is 10.7 Å². The van der Waals surface area contributed by atoms with Gasteiger partial charge in [-0.15, -0.1) is 0 Å². The maximum atomic E-state index is 5.22. The fraction of sp³-hybridized carbons (Fsp3) is 0.333. The van der Waals surface area contributed by atoms with Crippen molar-refractivity contribution in [2.45, 2.75) is 19.4 Å². The lowest BCUT2D eigenvalue weighted by Gasteiger charge is -2.31. The maximum absolute atomic E-state index is 5.22. The number of hydrazone groups is 1. The van der Waals surface area contributed by atoms with Gasteiger partial charge >= 0.3 is 0 Å². The SMILES string of the molecule is S=C(NCc1ccccc1)NN=C1CC2CC=CC12. The van der Waals surface area contributed by atoms with E-state index >= 15 is 0 Å². The zero-order chi connectivity index (χ0) is 13.1. The number of benzene rings is 1. The summed E-state index contributed by atoms with van der Waals surface area (Å²) in [6.07, 6.45) is 6.82. The van der Waals surface area contributed by atoms with E-state index in [1.54, 1.807) is 0 Å². The van der Waals surface area contributed by atoms with Crippen LogP contribution in [0.25, 0.3) is 0 Å². The van der Waals surface area contributed by atoms with Crippen LogP contribution in [0.4, 0.5) is 0 Å². The Hall–Kier alpha value is -1.68. The van der Waals surface area contributed by atoms with Crippen LogP contribution in [0.3, 0.4) is 0 Å². The van der Waals surface area contributed by atoms with Gasteiger partial charge in [0, 0.05) is 18.2 Å². The molecule has 3 rings (SSSR count). The summed E-state index contributed by atoms with van der Waals surface area (Å²) in [5.41, 5.74) is 5.38. The van der Waals surface area contributed by atoms with E-state index < -0.39 is 0 Å². The Morgan fingerprint density at radius 3 is 2.95 bits per heavy atom. The van der Waals surface area contributed by atoms with Crippen LogP contribution in [0.5, 0.6) is 0 Å². The summed E-state index contributed by atoms with van der Waals surface area (Å²) in [7, 11) is 0. The highest BCUT2D eigenvalue weighted by Gasteiger charge is 2.37. The Morgan fingerprint density at radius 1 is 1.32 bits per heavy atom. The van der Waals surface area contributed by atoms with Crippen molar-refractivity contribution in [3.05, 3.63) is 48.0 Å². The van der Waals surface area contributed by atoms with Crippen molar-refractivity contribution in [3.8, 4) is 0 Å². The molecule has 0 aliphatic heterocycles. The topological polar surface area (TPSA) is 36.4 Å². The van der Waals surface area contributed by atoms with Crippen molar-refractivity contribution in [2.75, 3.05) is 0 Å². The molecule has 2 aliphatic carbocycles. The summed E-state index contributed by atoms with van der Waals surface area (Å²) >= 11 is 5.22. The molecule has 1 fully saturated rings. The quantitative estimate of drug-likeness (QED) is 0.504. The first-order chi connectivity index (χ1) is 9.33. The van der Waals surface area contributed by atoms with Gasteiger partial charge in [-0.3, -0.25) is 5.43 Å². The molecule has 2 unspecified atom stereocenters. The largest absolute Gasteiger partial charge is 0.357 e. The monoisotopic (exact) mass is 271 g/mol. The van der Waals surface area contributed by atoms with Gasteiger partial charge in [0.1, 0.15) is 0 Å². The molecule has 2 atom stereocenters. The van der Waals surface area contributed by atoms with Crippen molar-refractivity contribution < 1.29 is 0 Å². The van der Waals surface area contributed by atoms with E-state index in [0.29, 0.717) is 11.0 Å². The first kappa shape index (κ1) is 12.4. The van der Waals surface area contributed by atoms with Gasteiger partial charge in [0.2, 0.25) is 0 Å². The zero-order valence-corrected chi connectivity index (χ0v) is 11.5.